The number of rotatable bonds is 3. The van der Waals surface area contributed by atoms with Crippen LogP contribution in [-0.4, -0.2) is 25.0 Å². The third-order valence-electron chi connectivity index (χ3n) is 2.94. The number of carbonyl (C=O) groups excluding carboxylic acids is 1. The van der Waals surface area contributed by atoms with Gasteiger partial charge in [-0.1, -0.05) is 12.1 Å². The summed E-state index contributed by atoms with van der Waals surface area (Å²) in [4.78, 5) is 11.1. The Morgan fingerprint density at radius 1 is 1.24 bits per heavy atom. The average Bonchev–Trinajstić information content (AvgIpc) is 2.32. The summed E-state index contributed by atoms with van der Waals surface area (Å²) >= 11 is 0. The van der Waals surface area contributed by atoms with Crippen molar-refractivity contribution in [3.05, 3.63) is 24.3 Å². The van der Waals surface area contributed by atoms with E-state index in [1.54, 1.807) is 0 Å². The molecule has 4 heteroatoms. The molecule has 0 aromatic heterocycles. The lowest BCUT2D eigenvalue weighted by Gasteiger charge is -2.25. The minimum atomic E-state index is -0.0374. The molecule has 1 aromatic rings. The number of nitrogens with one attached hydrogen (secondary N) is 3. The van der Waals surface area contributed by atoms with Crippen molar-refractivity contribution in [2.24, 2.45) is 0 Å². The lowest BCUT2D eigenvalue weighted by atomic mass is 10.1. The van der Waals surface area contributed by atoms with Crippen molar-refractivity contribution >= 4 is 17.3 Å². The fourth-order valence-electron chi connectivity index (χ4n) is 2.09. The summed E-state index contributed by atoms with van der Waals surface area (Å²) in [7, 11) is 0. The Hall–Kier alpha value is -1.55. The standard InChI is InChI=1S/C13H19N3O/c1-10(17)15-12-4-2-3-5-13(12)16-11-6-8-14-9-7-11/h2-5,11,14,16H,6-9H2,1H3,(H,15,17). The first kappa shape index (κ1) is 11.9. The van der Waals surface area contributed by atoms with E-state index in [9.17, 15) is 4.79 Å². The minimum Gasteiger partial charge on any atom is -0.381 e. The highest BCUT2D eigenvalue weighted by Gasteiger charge is 2.13. The van der Waals surface area contributed by atoms with E-state index in [1.165, 1.54) is 6.92 Å². The molecule has 1 amide bonds. The average molecular weight is 233 g/mol. The summed E-state index contributed by atoms with van der Waals surface area (Å²) in [5.74, 6) is -0.0374. The molecule has 3 N–H and O–H groups in total. The van der Waals surface area contributed by atoms with E-state index < -0.39 is 0 Å². The monoisotopic (exact) mass is 233 g/mol. The summed E-state index contributed by atoms with van der Waals surface area (Å²) in [5.41, 5.74) is 1.87. The molecular formula is C13H19N3O. The fourth-order valence-corrected chi connectivity index (χ4v) is 2.09. The minimum absolute atomic E-state index is 0.0374. The van der Waals surface area contributed by atoms with Crippen molar-refractivity contribution in [2.45, 2.75) is 25.8 Å². The van der Waals surface area contributed by atoms with Crippen LogP contribution in [0.5, 0.6) is 0 Å². The van der Waals surface area contributed by atoms with Crippen molar-refractivity contribution < 1.29 is 4.79 Å². The zero-order valence-electron chi connectivity index (χ0n) is 10.1. The normalized spacial score (nSPS) is 16.5. The van der Waals surface area contributed by atoms with Gasteiger partial charge in [-0.2, -0.15) is 0 Å². The maximum Gasteiger partial charge on any atom is 0.221 e. The molecule has 0 spiro atoms. The Kier molecular flexibility index (Phi) is 3.98. The Bertz CT molecular complexity index is 386. The van der Waals surface area contributed by atoms with Crippen LogP contribution in [0.4, 0.5) is 11.4 Å². The second kappa shape index (κ2) is 5.68. The third kappa shape index (κ3) is 3.46. The third-order valence-corrected chi connectivity index (χ3v) is 2.94. The number of amides is 1. The van der Waals surface area contributed by atoms with Gasteiger partial charge in [0.05, 0.1) is 11.4 Å². The lowest BCUT2D eigenvalue weighted by molar-refractivity contribution is -0.114. The summed E-state index contributed by atoms with van der Waals surface area (Å²) in [6.07, 6.45) is 2.24. The molecule has 0 atom stereocenters. The number of hydrogen-bond donors (Lipinski definition) is 3. The Morgan fingerprint density at radius 2 is 1.88 bits per heavy atom. The SMILES string of the molecule is CC(=O)Nc1ccccc1NC1CCNCC1. The first-order valence-electron chi connectivity index (χ1n) is 6.09. The van der Waals surface area contributed by atoms with Gasteiger partial charge in [0.15, 0.2) is 0 Å². The highest BCUT2D eigenvalue weighted by atomic mass is 16.1. The van der Waals surface area contributed by atoms with Gasteiger partial charge in [-0.25, -0.2) is 0 Å². The van der Waals surface area contributed by atoms with Crippen molar-refractivity contribution in [1.29, 1.82) is 0 Å². The quantitative estimate of drug-likeness (QED) is 0.746. The smallest absolute Gasteiger partial charge is 0.221 e. The van der Waals surface area contributed by atoms with Crippen molar-refractivity contribution in [2.75, 3.05) is 23.7 Å². The zero-order valence-corrected chi connectivity index (χ0v) is 10.1. The van der Waals surface area contributed by atoms with E-state index in [4.69, 9.17) is 0 Å². The van der Waals surface area contributed by atoms with Gasteiger partial charge in [0, 0.05) is 13.0 Å². The van der Waals surface area contributed by atoms with Gasteiger partial charge in [-0.3, -0.25) is 4.79 Å². The Morgan fingerprint density at radius 3 is 2.53 bits per heavy atom. The summed E-state index contributed by atoms with van der Waals surface area (Å²) < 4.78 is 0. The van der Waals surface area contributed by atoms with Gasteiger partial charge in [-0.05, 0) is 38.1 Å². The molecule has 0 saturated carbocycles. The first-order chi connectivity index (χ1) is 8.25. The zero-order chi connectivity index (χ0) is 12.1. The molecule has 0 unspecified atom stereocenters. The number of piperidine rings is 1. The summed E-state index contributed by atoms with van der Waals surface area (Å²) in [5, 5.41) is 9.68. The molecule has 1 aliphatic heterocycles. The predicted molar refractivity (Wildman–Crippen MR) is 70.3 cm³/mol. The van der Waals surface area contributed by atoms with E-state index in [0.29, 0.717) is 6.04 Å². The molecular weight excluding hydrogens is 214 g/mol. The van der Waals surface area contributed by atoms with Crippen LogP contribution in [0.3, 0.4) is 0 Å². The van der Waals surface area contributed by atoms with Gasteiger partial charge in [-0.15, -0.1) is 0 Å². The molecule has 0 aliphatic carbocycles. The number of anilines is 2. The Labute approximate surface area is 102 Å². The number of para-hydroxylation sites is 2. The molecule has 2 rings (SSSR count). The van der Waals surface area contributed by atoms with Crippen LogP contribution in [-0.2, 0) is 4.79 Å². The van der Waals surface area contributed by atoms with Crippen LogP contribution in [0, 0.1) is 0 Å². The molecule has 1 aliphatic rings. The second-order valence-electron chi connectivity index (χ2n) is 4.40. The molecule has 92 valence electrons. The van der Waals surface area contributed by atoms with Crippen LogP contribution >= 0.6 is 0 Å². The van der Waals surface area contributed by atoms with Gasteiger partial charge in [0.25, 0.3) is 0 Å². The molecule has 1 saturated heterocycles. The first-order valence-corrected chi connectivity index (χ1v) is 6.09. The van der Waals surface area contributed by atoms with E-state index in [-0.39, 0.29) is 5.91 Å². The topological polar surface area (TPSA) is 53.2 Å². The van der Waals surface area contributed by atoms with E-state index >= 15 is 0 Å². The molecule has 0 radical (unpaired) electrons. The van der Waals surface area contributed by atoms with Crippen LogP contribution in [0.2, 0.25) is 0 Å². The molecule has 17 heavy (non-hydrogen) atoms. The molecule has 1 aromatic carbocycles. The lowest BCUT2D eigenvalue weighted by Crippen LogP contribution is -2.35. The van der Waals surface area contributed by atoms with E-state index in [1.807, 2.05) is 24.3 Å². The van der Waals surface area contributed by atoms with Crippen molar-refractivity contribution in [1.82, 2.24) is 5.32 Å². The highest BCUT2D eigenvalue weighted by Crippen LogP contribution is 2.23. The fraction of sp³-hybridized carbons (Fsp3) is 0.462. The van der Waals surface area contributed by atoms with Crippen molar-refractivity contribution in [3.63, 3.8) is 0 Å². The highest BCUT2D eigenvalue weighted by molar-refractivity contribution is 5.92. The largest absolute Gasteiger partial charge is 0.381 e. The second-order valence-corrected chi connectivity index (χ2v) is 4.40. The van der Waals surface area contributed by atoms with Gasteiger partial charge >= 0.3 is 0 Å². The molecule has 1 heterocycles. The van der Waals surface area contributed by atoms with Crippen molar-refractivity contribution in [3.8, 4) is 0 Å². The molecule has 0 bridgehead atoms. The van der Waals surface area contributed by atoms with Crippen LogP contribution in [0.15, 0.2) is 24.3 Å². The molecule has 4 nitrogen and oxygen atoms in total. The predicted octanol–water partition coefficient (Wildman–Crippen LogP) is 1.81. The maximum atomic E-state index is 11.1. The van der Waals surface area contributed by atoms with E-state index in [0.717, 1.165) is 37.3 Å². The maximum absolute atomic E-state index is 11.1. The van der Waals surface area contributed by atoms with Gasteiger partial charge < -0.3 is 16.0 Å². The number of benzene rings is 1. The van der Waals surface area contributed by atoms with Gasteiger partial charge in [0.2, 0.25) is 5.91 Å². The number of hydrogen-bond acceptors (Lipinski definition) is 3. The Balaban J connectivity index is 2.05. The number of carbonyl (C=O) groups is 1. The molecule has 1 fully saturated rings. The van der Waals surface area contributed by atoms with Crippen LogP contribution in [0.1, 0.15) is 19.8 Å². The van der Waals surface area contributed by atoms with E-state index in [2.05, 4.69) is 16.0 Å². The van der Waals surface area contributed by atoms with Gasteiger partial charge in [0.1, 0.15) is 0 Å². The summed E-state index contributed by atoms with van der Waals surface area (Å²) in [6, 6.07) is 8.33. The van der Waals surface area contributed by atoms with Crippen LogP contribution in [0.25, 0.3) is 0 Å². The van der Waals surface area contributed by atoms with Crippen LogP contribution < -0.4 is 16.0 Å². The summed E-state index contributed by atoms with van der Waals surface area (Å²) in [6.45, 7) is 3.64.